The number of benzene rings is 1. The minimum Gasteiger partial charge on any atom is -0.316 e. The number of nitrogens with one attached hydrogen (secondary N) is 1. The summed E-state index contributed by atoms with van der Waals surface area (Å²) in [5.41, 5.74) is 1.24. The molecule has 0 amide bonds. The Morgan fingerprint density at radius 1 is 1.40 bits per heavy atom. The van der Waals surface area contributed by atoms with E-state index >= 15 is 0 Å². The van der Waals surface area contributed by atoms with Gasteiger partial charge in [-0.05, 0) is 37.6 Å². The zero-order chi connectivity index (χ0) is 14.5. The lowest BCUT2D eigenvalue weighted by molar-refractivity contribution is 0.517. The van der Waals surface area contributed by atoms with Gasteiger partial charge in [-0.15, -0.1) is 0 Å². The Balaban J connectivity index is 2.11. The van der Waals surface area contributed by atoms with Gasteiger partial charge in [0.1, 0.15) is 0 Å². The summed E-state index contributed by atoms with van der Waals surface area (Å²) in [6, 6.07) is 6.69. The average molecular weight is 395 g/mol. The lowest BCUT2D eigenvalue weighted by Gasteiger charge is -2.36. The number of likely N-dealkylation sites (N-methyl/N-ethyl adjacent to an activating group) is 1. The number of rotatable bonds is 5. The molecule has 0 aromatic heterocycles. The molecular formula is C15H21BrClNS2. The van der Waals surface area contributed by atoms with Crippen molar-refractivity contribution in [3.63, 3.8) is 0 Å². The number of thioether (sulfide) groups is 2. The van der Waals surface area contributed by atoms with Crippen LogP contribution in [0.5, 0.6) is 0 Å². The standard InChI is InChI=1S/C15H21BrClNS2/c1-3-14-15(20-7-6-19-14)13(18-2)8-10-4-5-11(16)9-12(10)17/h4-5,9,13-15,18H,3,6-8H2,1-2H3. The van der Waals surface area contributed by atoms with Gasteiger partial charge >= 0.3 is 0 Å². The normalized spacial score (nSPS) is 24.6. The van der Waals surface area contributed by atoms with Crippen molar-refractivity contribution < 1.29 is 0 Å². The van der Waals surface area contributed by atoms with Gasteiger partial charge in [0.15, 0.2) is 0 Å². The van der Waals surface area contributed by atoms with Gasteiger partial charge in [-0.2, -0.15) is 23.5 Å². The average Bonchev–Trinajstić information content (AvgIpc) is 2.46. The van der Waals surface area contributed by atoms with Gasteiger partial charge in [-0.25, -0.2) is 0 Å². The first-order valence-electron chi connectivity index (χ1n) is 7.00. The van der Waals surface area contributed by atoms with Crippen LogP contribution >= 0.6 is 51.1 Å². The second-order valence-electron chi connectivity index (χ2n) is 4.99. The van der Waals surface area contributed by atoms with Crippen molar-refractivity contribution >= 4 is 51.1 Å². The molecule has 112 valence electrons. The summed E-state index contributed by atoms with van der Waals surface area (Å²) in [5.74, 6) is 2.55. The van der Waals surface area contributed by atoms with E-state index in [4.69, 9.17) is 11.6 Å². The van der Waals surface area contributed by atoms with Crippen LogP contribution in [0.25, 0.3) is 0 Å². The van der Waals surface area contributed by atoms with Crippen molar-refractivity contribution in [2.24, 2.45) is 0 Å². The summed E-state index contributed by atoms with van der Waals surface area (Å²) in [7, 11) is 2.07. The zero-order valence-electron chi connectivity index (χ0n) is 11.9. The van der Waals surface area contributed by atoms with Crippen LogP contribution in [0.1, 0.15) is 18.9 Å². The Bertz CT molecular complexity index is 444. The molecule has 1 fully saturated rings. The number of hydrogen-bond donors (Lipinski definition) is 1. The van der Waals surface area contributed by atoms with E-state index in [1.54, 1.807) is 0 Å². The third-order valence-corrected chi connectivity index (χ3v) is 7.97. The maximum Gasteiger partial charge on any atom is 0.0449 e. The van der Waals surface area contributed by atoms with Crippen molar-refractivity contribution in [3.05, 3.63) is 33.3 Å². The van der Waals surface area contributed by atoms with Crippen LogP contribution in [0, 0.1) is 0 Å². The van der Waals surface area contributed by atoms with Gasteiger partial charge in [-0.3, -0.25) is 0 Å². The van der Waals surface area contributed by atoms with Gasteiger partial charge in [-0.1, -0.05) is 40.5 Å². The maximum absolute atomic E-state index is 6.37. The van der Waals surface area contributed by atoms with Crippen LogP contribution in [0.4, 0.5) is 0 Å². The summed E-state index contributed by atoms with van der Waals surface area (Å²) in [5, 5.41) is 5.80. The maximum atomic E-state index is 6.37. The molecule has 1 aliphatic rings. The minimum absolute atomic E-state index is 0.483. The lowest BCUT2D eigenvalue weighted by atomic mass is 10.0. The molecule has 0 bridgehead atoms. The first kappa shape index (κ1) is 17.0. The Kier molecular flexibility index (Phi) is 7.08. The van der Waals surface area contributed by atoms with Gasteiger partial charge in [0, 0.05) is 37.5 Å². The molecule has 1 heterocycles. The van der Waals surface area contributed by atoms with E-state index in [2.05, 4.69) is 70.9 Å². The number of hydrogen-bond acceptors (Lipinski definition) is 3. The predicted molar refractivity (Wildman–Crippen MR) is 98.5 cm³/mol. The predicted octanol–water partition coefficient (Wildman–Crippen LogP) is 4.86. The fourth-order valence-corrected chi connectivity index (χ4v) is 6.67. The van der Waals surface area contributed by atoms with Crippen LogP contribution in [0.3, 0.4) is 0 Å². The van der Waals surface area contributed by atoms with Gasteiger partial charge < -0.3 is 5.32 Å². The highest BCUT2D eigenvalue weighted by Crippen LogP contribution is 2.36. The molecule has 20 heavy (non-hydrogen) atoms. The van der Waals surface area contributed by atoms with Crippen molar-refractivity contribution in [1.82, 2.24) is 5.32 Å². The Morgan fingerprint density at radius 2 is 2.15 bits per heavy atom. The second kappa shape index (κ2) is 8.33. The lowest BCUT2D eigenvalue weighted by Crippen LogP contribution is -2.45. The van der Waals surface area contributed by atoms with E-state index in [-0.39, 0.29) is 0 Å². The Morgan fingerprint density at radius 3 is 2.80 bits per heavy atom. The molecule has 1 nitrogen and oxygen atoms in total. The topological polar surface area (TPSA) is 12.0 Å². The van der Waals surface area contributed by atoms with Crippen LogP contribution in [-0.2, 0) is 6.42 Å². The molecule has 1 saturated heterocycles. The molecule has 1 aliphatic heterocycles. The summed E-state index contributed by atoms with van der Waals surface area (Å²) in [6.07, 6.45) is 2.24. The Labute approximate surface area is 144 Å². The summed E-state index contributed by atoms with van der Waals surface area (Å²) >= 11 is 14.1. The quantitative estimate of drug-likeness (QED) is 0.766. The molecule has 1 aromatic carbocycles. The second-order valence-corrected chi connectivity index (χ2v) is 8.94. The third kappa shape index (κ3) is 4.33. The van der Waals surface area contributed by atoms with Gasteiger partial charge in [0.2, 0.25) is 0 Å². The van der Waals surface area contributed by atoms with E-state index in [9.17, 15) is 0 Å². The fourth-order valence-electron chi connectivity index (χ4n) is 2.62. The minimum atomic E-state index is 0.483. The highest BCUT2D eigenvalue weighted by Gasteiger charge is 2.31. The highest BCUT2D eigenvalue weighted by atomic mass is 79.9. The van der Waals surface area contributed by atoms with Crippen LogP contribution in [0.2, 0.25) is 5.02 Å². The molecule has 3 unspecified atom stereocenters. The van der Waals surface area contributed by atoms with E-state index < -0.39 is 0 Å². The monoisotopic (exact) mass is 393 g/mol. The Hall–Kier alpha value is 0.650. The van der Waals surface area contributed by atoms with Crippen molar-refractivity contribution in [2.75, 3.05) is 18.6 Å². The van der Waals surface area contributed by atoms with Crippen molar-refractivity contribution in [1.29, 1.82) is 0 Å². The SMILES string of the molecule is CCC1SCCSC1C(Cc1ccc(Br)cc1Cl)NC. The molecule has 0 saturated carbocycles. The van der Waals surface area contributed by atoms with Crippen LogP contribution in [0.15, 0.2) is 22.7 Å². The van der Waals surface area contributed by atoms with Gasteiger partial charge in [0.05, 0.1) is 0 Å². The van der Waals surface area contributed by atoms with E-state index in [1.807, 2.05) is 6.07 Å². The van der Waals surface area contributed by atoms with E-state index in [1.165, 1.54) is 23.5 Å². The third-order valence-electron chi connectivity index (χ3n) is 3.72. The van der Waals surface area contributed by atoms with Crippen molar-refractivity contribution in [3.8, 4) is 0 Å². The first-order chi connectivity index (χ1) is 9.65. The molecule has 1 N–H and O–H groups in total. The first-order valence-corrected chi connectivity index (χ1v) is 10.3. The van der Waals surface area contributed by atoms with Crippen molar-refractivity contribution in [2.45, 2.75) is 36.3 Å². The molecular weight excluding hydrogens is 374 g/mol. The summed E-state index contributed by atoms with van der Waals surface area (Å²) in [6.45, 7) is 2.30. The van der Waals surface area contributed by atoms with E-state index in [0.717, 1.165) is 21.2 Å². The zero-order valence-corrected chi connectivity index (χ0v) is 15.8. The fraction of sp³-hybridized carbons (Fsp3) is 0.600. The molecule has 3 atom stereocenters. The summed E-state index contributed by atoms with van der Waals surface area (Å²) in [4.78, 5) is 0. The molecule has 5 heteroatoms. The van der Waals surface area contributed by atoms with E-state index in [0.29, 0.717) is 11.3 Å². The number of halogens is 2. The molecule has 0 aliphatic carbocycles. The molecule has 2 rings (SSSR count). The molecule has 0 radical (unpaired) electrons. The largest absolute Gasteiger partial charge is 0.316 e. The molecule has 0 spiro atoms. The highest BCUT2D eigenvalue weighted by molar-refractivity contribution is 9.10. The smallest absolute Gasteiger partial charge is 0.0449 e. The van der Waals surface area contributed by atoms with Crippen LogP contribution < -0.4 is 5.32 Å². The molecule has 1 aromatic rings. The van der Waals surface area contributed by atoms with Gasteiger partial charge in [0.25, 0.3) is 0 Å². The summed E-state index contributed by atoms with van der Waals surface area (Å²) < 4.78 is 1.04. The van der Waals surface area contributed by atoms with Crippen LogP contribution in [-0.4, -0.2) is 35.1 Å².